The first-order valence-corrected chi connectivity index (χ1v) is 6.01. The highest BCUT2D eigenvalue weighted by Crippen LogP contribution is 2.22. The molecule has 0 aliphatic heterocycles. The van der Waals surface area contributed by atoms with Crippen LogP contribution in [-0.4, -0.2) is 23.1 Å². The predicted octanol–water partition coefficient (Wildman–Crippen LogP) is 2.53. The van der Waals surface area contributed by atoms with Crippen LogP contribution in [0.1, 0.15) is 0 Å². The fraction of sp³-hybridized carbons (Fsp3) is 0.250. The van der Waals surface area contributed by atoms with Crippen LogP contribution in [0.2, 0.25) is 0 Å². The van der Waals surface area contributed by atoms with Gasteiger partial charge in [0.2, 0.25) is 0 Å². The summed E-state index contributed by atoms with van der Waals surface area (Å²) in [7, 11) is 1.95. The average molecular weight is 280 g/mol. The highest BCUT2D eigenvalue weighted by atomic mass is 79.9. The van der Waals surface area contributed by atoms with E-state index in [4.69, 9.17) is 0 Å². The lowest BCUT2D eigenvalue weighted by Crippen LogP contribution is -2.14. The van der Waals surface area contributed by atoms with Crippen LogP contribution in [0.25, 0.3) is 11.3 Å². The molecular weight excluding hydrogens is 266 g/mol. The Labute approximate surface area is 104 Å². The van der Waals surface area contributed by atoms with E-state index in [-0.39, 0.29) is 0 Å². The van der Waals surface area contributed by atoms with Gasteiger partial charge >= 0.3 is 0 Å². The molecular formula is C12H14BrN3. The number of imidazole rings is 1. The van der Waals surface area contributed by atoms with Gasteiger partial charge in [-0.05, 0) is 19.2 Å². The van der Waals surface area contributed by atoms with Gasteiger partial charge in [-0.1, -0.05) is 28.1 Å². The largest absolute Gasteiger partial charge is 0.329 e. The van der Waals surface area contributed by atoms with Gasteiger partial charge in [0.1, 0.15) is 0 Å². The van der Waals surface area contributed by atoms with E-state index < -0.39 is 0 Å². The maximum Gasteiger partial charge on any atom is 0.0951 e. The Hall–Kier alpha value is -1.13. The molecule has 1 N–H and O–H groups in total. The Bertz CT molecular complexity index is 465. The molecule has 0 saturated carbocycles. The summed E-state index contributed by atoms with van der Waals surface area (Å²) in [6.45, 7) is 1.87. The van der Waals surface area contributed by atoms with Crippen LogP contribution in [0.15, 0.2) is 41.3 Å². The zero-order valence-electron chi connectivity index (χ0n) is 9.15. The third-order valence-electron chi connectivity index (χ3n) is 2.44. The van der Waals surface area contributed by atoms with Crippen LogP contribution in [-0.2, 0) is 6.54 Å². The van der Waals surface area contributed by atoms with Crippen molar-refractivity contribution in [2.45, 2.75) is 6.54 Å². The second-order valence-electron chi connectivity index (χ2n) is 3.59. The number of hydrogen-bond donors (Lipinski definition) is 1. The molecule has 0 aliphatic carbocycles. The Balaban J connectivity index is 2.29. The molecule has 1 heterocycles. The van der Waals surface area contributed by atoms with E-state index in [1.807, 2.05) is 31.7 Å². The monoisotopic (exact) mass is 279 g/mol. The molecule has 0 radical (unpaired) electrons. The molecule has 0 unspecified atom stereocenters. The molecule has 0 spiro atoms. The first-order chi connectivity index (χ1) is 7.81. The number of likely N-dealkylation sites (N-methyl/N-ethyl adjacent to an activating group) is 1. The summed E-state index contributed by atoms with van der Waals surface area (Å²) in [5.74, 6) is 0. The van der Waals surface area contributed by atoms with E-state index in [2.05, 4.69) is 42.9 Å². The molecule has 0 bridgehead atoms. The van der Waals surface area contributed by atoms with Gasteiger partial charge in [-0.2, -0.15) is 0 Å². The van der Waals surface area contributed by atoms with Crippen LogP contribution in [0, 0.1) is 0 Å². The van der Waals surface area contributed by atoms with Crippen LogP contribution in [0.4, 0.5) is 0 Å². The number of hydrogen-bond acceptors (Lipinski definition) is 2. The number of nitrogens with zero attached hydrogens (tertiary/aromatic N) is 2. The summed E-state index contributed by atoms with van der Waals surface area (Å²) in [5.41, 5.74) is 2.33. The molecule has 1 aromatic carbocycles. The minimum absolute atomic E-state index is 0.929. The second-order valence-corrected chi connectivity index (χ2v) is 4.50. The fourth-order valence-corrected chi connectivity index (χ4v) is 2.02. The number of halogens is 1. The van der Waals surface area contributed by atoms with Crippen molar-refractivity contribution >= 4 is 15.9 Å². The maximum atomic E-state index is 4.20. The van der Waals surface area contributed by atoms with Crippen molar-refractivity contribution in [1.29, 1.82) is 0 Å². The molecule has 0 amide bonds. The van der Waals surface area contributed by atoms with Gasteiger partial charge in [0.25, 0.3) is 0 Å². The molecule has 0 aliphatic rings. The zero-order chi connectivity index (χ0) is 11.4. The van der Waals surface area contributed by atoms with E-state index >= 15 is 0 Å². The summed E-state index contributed by atoms with van der Waals surface area (Å²) in [4.78, 5) is 4.20. The van der Waals surface area contributed by atoms with Crippen LogP contribution in [0.3, 0.4) is 0 Å². The van der Waals surface area contributed by atoms with Gasteiger partial charge < -0.3 is 9.88 Å². The molecule has 4 heteroatoms. The SMILES string of the molecule is CNCCn1cncc1-c1cccc(Br)c1. The van der Waals surface area contributed by atoms with Gasteiger partial charge in [0, 0.05) is 23.1 Å². The third-order valence-corrected chi connectivity index (χ3v) is 2.93. The Kier molecular flexibility index (Phi) is 3.74. The van der Waals surface area contributed by atoms with E-state index in [0.29, 0.717) is 0 Å². The minimum Gasteiger partial charge on any atom is -0.329 e. The third kappa shape index (κ3) is 2.51. The first kappa shape index (κ1) is 11.4. The topological polar surface area (TPSA) is 29.9 Å². The van der Waals surface area contributed by atoms with E-state index in [9.17, 15) is 0 Å². The summed E-state index contributed by atoms with van der Waals surface area (Å²) in [6.07, 6.45) is 3.77. The van der Waals surface area contributed by atoms with Crippen LogP contribution in [0.5, 0.6) is 0 Å². The van der Waals surface area contributed by atoms with Gasteiger partial charge in [-0.25, -0.2) is 4.98 Å². The zero-order valence-corrected chi connectivity index (χ0v) is 10.7. The van der Waals surface area contributed by atoms with Gasteiger partial charge in [0.05, 0.1) is 18.2 Å². The van der Waals surface area contributed by atoms with Crippen molar-refractivity contribution in [2.75, 3.05) is 13.6 Å². The number of benzene rings is 1. The minimum atomic E-state index is 0.929. The second kappa shape index (κ2) is 5.27. The summed E-state index contributed by atoms with van der Waals surface area (Å²) in [6, 6.07) is 8.26. The standard InChI is InChI=1S/C12H14BrN3/c1-14-5-6-16-9-15-8-12(16)10-3-2-4-11(13)7-10/h2-4,7-9,14H,5-6H2,1H3. The van der Waals surface area contributed by atoms with Crippen molar-refractivity contribution < 1.29 is 0 Å². The molecule has 0 saturated heterocycles. The molecule has 0 atom stereocenters. The normalized spacial score (nSPS) is 10.6. The number of nitrogens with one attached hydrogen (secondary N) is 1. The summed E-state index contributed by atoms with van der Waals surface area (Å²) in [5, 5.41) is 3.14. The lowest BCUT2D eigenvalue weighted by molar-refractivity contribution is 0.648. The highest BCUT2D eigenvalue weighted by molar-refractivity contribution is 9.10. The Morgan fingerprint density at radius 1 is 1.44 bits per heavy atom. The maximum absolute atomic E-state index is 4.20. The van der Waals surface area contributed by atoms with Crippen molar-refractivity contribution in [3.05, 3.63) is 41.3 Å². The van der Waals surface area contributed by atoms with E-state index in [0.717, 1.165) is 23.3 Å². The van der Waals surface area contributed by atoms with E-state index in [1.54, 1.807) is 0 Å². The van der Waals surface area contributed by atoms with Crippen LogP contribution < -0.4 is 5.32 Å². The van der Waals surface area contributed by atoms with Gasteiger partial charge in [-0.3, -0.25) is 0 Å². The van der Waals surface area contributed by atoms with Crippen LogP contribution >= 0.6 is 15.9 Å². The Morgan fingerprint density at radius 3 is 3.06 bits per heavy atom. The van der Waals surface area contributed by atoms with Crippen molar-refractivity contribution in [1.82, 2.24) is 14.9 Å². The number of rotatable bonds is 4. The quantitative estimate of drug-likeness (QED) is 0.932. The number of aromatic nitrogens is 2. The smallest absolute Gasteiger partial charge is 0.0951 e. The summed E-state index contributed by atoms with van der Waals surface area (Å²) >= 11 is 3.48. The molecule has 0 fully saturated rings. The lowest BCUT2D eigenvalue weighted by atomic mass is 10.2. The van der Waals surface area contributed by atoms with Crippen molar-refractivity contribution in [3.8, 4) is 11.3 Å². The fourth-order valence-electron chi connectivity index (χ4n) is 1.62. The van der Waals surface area contributed by atoms with Crippen molar-refractivity contribution in [3.63, 3.8) is 0 Å². The lowest BCUT2D eigenvalue weighted by Gasteiger charge is -2.07. The predicted molar refractivity (Wildman–Crippen MR) is 69.3 cm³/mol. The molecule has 84 valence electrons. The van der Waals surface area contributed by atoms with Gasteiger partial charge in [0.15, 0.2) is 0 Å². The molecule has 16 heavy (non-hydrogen) atoms. The average Bonchev–Trinajstić information content (AvgIpc) is 2.74. The Morgan fingerprint density at radius 2 is 2.31 bits per heavy atom. The molecule has 2 rings (SSSR count). The van der Waals surface area contributed by atoms with Crippen molar-refractivity contribution in [2.24, 2.45) is 0 Å². The van der Waals surface area contributed by atoms with Gasteiger partial charge in [-0.15, -0.1) is 0 Å². The molecule has 1 aromatic heterocycles. The molecule has 3 nitrogen and oxygen atoms in total. The summed E-state index contributed by atoms with van der Waals surface area (Å²) < 4.78 is 3.24. The van der Waals surface area contributed by atoms with E-state index in [1.165, 1.54) is 5.56 Å². The first-order valence-electron chi connectivity index (χ1n) is 5.22. The highest BCUT2D eigenvalue weighted by Gasteiger charge is 2.04. The molecule has 2 aromatic rings.